The first-order chi connectivity index (χ1) is 25.0. The van der Waals surface area contributed by atoms with E-state index >= 15 is 0 Å². The van der Waals surface area contributed by atoms with Gasteiger partial charge in [0.2, 0.25) is 5.91 Å². The highest BCUT2D eigenvalue weighted by Gasteiger charge is 2.21. The van der Waals surface area contributed by atoms with Crippen LogP contribution in [0, 0.1) is 6.92 Å². The third-order valence-corrected chi connectivity index (χ3v) is 8.66. The van der Waals surface area contributed by atoms with Gasteiger partial charge in [0.1, 0.15) is 0 Å². The van der Waals surface area contributed by atoms with Gasteiger partial charge in [-0.25, -0.2) is 0 Å². The molecule has 3 aromatic carbocycles. The largest absolute Gasteiger partial charge is 0.380 e. The zero-order valence-electron chi connectivity index (χ0n) is 31.0. The molecule has 0 radical (unpaired) electrons. The van der Waals surface area contributed by atoms with Crippen molar-refractivity contribution < 1.29 is 23.9 Å². The molecule has 0 aliphatic rings. The smallest absolute Gasteiger partial charge is 0.256 e. The van der Waals surface area contributed by atoms with Crippen LogP contribution in [0.5, 0.6) is 0 Å². The molecule has 0 atom stereocenters. The Bertz CT molecular complexity index is 1940. The maximum Gasteiger partial charge on any atom is 0.256 e. The van der Waals surface area contributed by atoms with Crippen molar-refractivity contribution in [3.05, 3.63) is 124 Å². The lowest BCUT2D eigenvalue weighted by Crippen LogP contribution is -2.37. The van der Waals surface area contributed by atoms with Crippen LogP contribution in [0.15, 0.2) is 90.4 Å². The van der Waals surface area contributed by atoms with Gasteiger partial charge in [-0.15, -0.1) is 0 Å². The third kappa shape index (κ3) is 10.0. The normalized spacial score (nSPS) is 10.8. The number of aromatic nitrogens is 1. The molecule has 3 amide bonds. The van der Waals surface area contributed by atoms with E-state index in [1.54, 1.807) is 48.5 Å². The van der Waals surface area contributed by atoms with Gasteiger partial charge in [-0.05, 0) is 97.6 Å². The molecule has 1 heterocycles. The monoisotopic (exact) mass is 707 g/mol. The summed E-state index contributed by atoms with van der Waals surface area (Å²) in [5.41, 5.74) is 6.38. The Labute approximate surface area is 305 Å². The molecule has 1 aromatic heterocycles. The second-order valence-electron chi connectivity index (χ2n) is 12.5. The zero-order chi connectivity index (χ0) is 37.8. The highest BCUT2D eigenvalue weighted by atomic mass is 16.5. The van der Waals surface area contributed by atoms with Gasteiger partial charge in [-0.3, -0.25) is 19.2 Å². The Balaban J connectivity index is 1.64. The van der Waals surface area contributed by atoms with E-state index in [0.29, 0.717) is 67.6 Å². The van der Waals surface area contributed by atoms with Gasteiger partial charge in [-0.1, -0.05) is 24.8 Å². The summed E-state index contributed by atoms with van der Waals surface area (Å²) in [4.78, 5) is 56.5. The molecule has 4 rings (SSSR count). The van der Waals surface area contributed by atoms with Crippen molar-refractivity contribution in [2.45, 2.75) is 27.2 Å². The van der Waals surface area contributed by atoms with Gasteiger partial charge in [0.05, 0.1) is 24.5 Å². The number of nitrogens with zero attached hydrogens (tertiary/aromatic N) is 3. The number of nitrogens with one attached hydrogen (secondary N) is 2. The molecule has 11 heteroatoms. The zero-order valence-corrected chi connectivity index (χ0v) is 31.0. The molecule has 0 aliphatic carbocycles. The standard InChI is InChI=1S/C41H49N5O6/c1-8-38(47)42-37-25-29(14-19-35(37)41(50)46(20-22-51-9-2)21-23-52-10-3)24-31-26-32(27-45(7)40(31)49)34-12-11-13-36(28(34)4)43-39(48)30-15-17-33(18-16-30)44(5)6/h8,11-19,25-27H,1,9-10,20-24H2,2-7H3,(H,42,47)(H,43,48). The summed E-state index contributed by atoms with van der Waals surface area (Å²) in [6, 6.07) is 20.1. The van der Waals surface area contributed by atoms with Crippen molar-refractivity contribution in [1.29, 1.82) is 0 Å². The number of aryl methyl sites for hydroxylation is 1. The van der Waals surface area contributed by atoms with Crippen LogP contribution in [-0.2, 0) is 27.7 Å². The summed E-state index contributed by atoms with van der Waals surface area (Å²) >= 11 is 0. The molecule has 52 heavy (non-hydrogen) atoms. The molecule has 0 bridgehead atoms. The third-order valence-electron chi connectivity index (χ3n) is 8.66. The molecular weight excluding hydrogens is 658 g/mol. The van der Waals surface area contributed by atoms with E-state index in [2.05, 4.69) is 17.2 Å². The topological polar surface area (TPSA) is 122 Å². The van der Waals surface area contributed by atoms with E-state index in [1.807, 2.05) is 76.2 Å². The Kier molecular flexibility index (Phi) is 14.1. The van der Waals surface area contributed by atoms with Crippen LogP contribution < -0.4 is 21.1 Å². The minimum Gasteiger partial charge on any atom is -0.380 e. The molecular formula is C41H49N5O6. The fraction of sp³-hybridized carbons (Fsp3) is 0.317. The highest BCUT2D eigenvalue weighted by molar-refractivity contribution is 6.07. The number of hydrogen-bond acceptors (Lipinski definition) is 7. The van der Waals surface area contributed by atoms with Gasteiger partial charge < -0.3 is 34.5 Å². The molecule has 0 aliphatic heterocycles. The average molecular weight is 708 g/mol. The van der Waals surface area contributed by atoms with Gasteiger partial charge in [0.25, 0.3) is 17.4 Å². The van der Waals surface area contributed by atoms with E-state index in [1.165, 1.54) is 4.57 Å². The lowest BCUT2D eigenvalue weighted by atomic mass is 9.96. The van der Waals surface area contributed by atoms with Crippen LogP contribution in [0.25, 0.3) is 11.1 Å². The number of carbonyl (C=O) groups excluding carboxylic acids is 3. The Morgan fingerprint density at radius 3 is 2.17 bits per heavy atom. The Morgan fingerprint density at radius 2 is 1.56 bits per heavy atom. The quantitative estimate of drug-likeness (QED) is 0.103. The molecule has 0 fully saturated rings. The number of ether oxygens (including phenoxy) is 2. The summed E-state index contributed by atoms with van der Waals surface area (Å²) in [5.74, 6) is -0.969. The number of anilines is 3. The lowest BCUT2D eigenvalue weighted by molar-refractivity contribution is -0.111. The number of carbonyl (C=O) groups is 3. The predicted molar refractivity (Wildman–Crippen MR) is 208 cm³/mol. The van der Waals surface area contributed by atoms with Crippen LogP contribution in [0.2, 0.25) is 0 Å². The number of benzene rings is 3. The first-order valence-corrected chi connectivity index (χ1v) is 17.4. The lowest BCUT2D eigenvalue weighted by Gasteiger charge is -2.24. The van der Waals surface area contributed by atoms with Crippen LogP contribution in [0.3, 0.4) is 0 Å². The van der Waals surface area contributed by atoms with Crippen molar-refractivity contribution in [3.8, 4) is 11.1 Å². The van der Waals surface area contributed by atoms with Crippen molar-refractivity contribution in [2.24, 2.45) is 7.05 Å². The number of pyridine rings is 1. The predicted octanol–water partition coefficient (Wildman–Crippen LogP) is 5.91. The minimum atomic E-state index is -0.465. The maximum absolute atomic E-state index is 13.8. The minimum absolute atomic E-state index is 0.179. The first kappa shape index (κ1) is 39.3. The van der Waals surface area contributed by atoms with Crippen molar-refractivity contribution >= 4 is 34.8 Å². The van der Waals surface area contributed by atoms with Crippen molar-refractivity contribution in [2.75, 3.05) is 69.1 Å². The van der Waals surface area contributed by atoms with Crippen LogP contribution in [0.4, 0.5) is 17.1 Å². The number of amides is 3. The fourth-order valence-corrected chi connectivity index (χ4v) is 5.76. The summed E-state index contributed by atoms with van der Waals surface area (Å²) in [7, 11) is 5.59. The number of hydrogen-bond donors (Lipinski definition) is 2. The maximum atomic E-state index is 13.8. The van der Waals surface area contributed by atoms with Crippen molar-refractivity contribution in [3.63, 3.8) is 0 Å². The van der Waals surface area contributed by atoms with E-state index < -0.39 is 5.91 Å². The summed E-state index contributed by atoms with van der Waals surface area (Å²) in [5, 5.41) is 5.82. The van der Waals surface area contributed by atoms with Crippen LogP contribution in [-0.4, -0.2) is 80.8 Å². The van der Waals surface area contributed by atoms with E-state index in [0.717, 1.165) is 34.0 Å². The highest BCUT2D eigenvalue weighted by Crippen LogP contribution is 2.30. The SMILES string of the molecule is C=CC(=O)Nc1cc(Cc2cc(-c3cccc(NC(=O)c4ccc(N(C)C)cc4)c3C)cn(C)c2=O)ccc1C(=O)N(CCOCC)CCOCC. The second kappa shape index (κ2) is 18.6. The summed E-state index contributed by atoms with van der Waals surface area (Å²) in [6.07, 6.45) is 3.15. The first-order valence-electron chi connectivity index (χ1n) is 17.4. The molecule has 274 valence electrons. The molecule has 0 spiro atoms. The van der Waals surface area contributed by atoms with Gasteiger partial charge in [-0.2, -0.15) is 0 Å². The van der Waals surface area contributed by atoms with Gasteiger partial charge >= 0.3 is 0 Å². The Hall–Kier alpha value is -5.52. The second-order valence-corrected chi connectivity index (χ2v) is 12.5. The molecule has 2 N–H and O–H groups in total. The van der Waals surface area contributed by atoms with E-state index in [9.17, 15) is 19.2 Å². The molecule has 0 unspecified atom stereocenters. The summed E-state index contributed by atoms with van der Waals surface area (Å²) in [6.45, 7) is 11.8. The molecule has 0 saturated heterocycles. The molecule has 4 aromatic rings. The Morgan fingerprint density at radius 1 is 0.885 bits per heavy atom. The molecule has 11 nitrogen and oxygen atoms in total. The number of rotatable bonds is 17. The average Bonchev–Trinajstić information content (AvgIpc) is 3.13. The van der Waals surface area contributed by atoms with E-state index in [4.69, 9.17) is 9.47 Å². The van der Waals surface area contributed by atoms with E-state index in [-0.39, 0.29) is 23.8 Å². The van der Waals surface area contributed by atoms with Crippen LogP contribution in [0.1, 0.15) is 51.3 Å². The van der Waals surface area contributed by atoms with Crippen LogP contribution >= 0.6 is 0 Å². The van der Waals surface area contributed by atoms with Crippen molar-refractivity contribution in [1.82, 2.24) is 9.47 Å². The molecule has 0 saturated carbocycles. The summed E-state index contributed by atoms with van der Waals surface area (Å²) < 4.78 is 12.5. The fourth-order valence-electron chi connectivity index (χ4n) is 5.76. The van der Waals surface area contributed by atoms with Gasteiger partial charge in [0.15, 0.2) is 0 Å². The van der Waals surface area contributed by atoms with Gasteiger partial charge in [0, 0.05) is 82.6 Å².